The van der Waals surface area contributed by atoms with Gasteiger partial charge in [-0.05, 0) is 13.8 Å². The monoisotopic (exact) mass is 173 g/mol. The van der Waals surface area contributed by atoms with Crippen LogP contribution < -0.4 is 0 Å². The standard InChI is InChI=1S/C5H7ClF3N/c1-3(2)10-4(6)5(7,8)9/h3H,1-2H3. The summed E-state index contributed by atoms with van der Waals surface area (Å²) < 4.78 is 34.6. The summed E-state index contributed by atoms with van der Waals surface area (Å²) >= 11 is 4.78. The molecule has 0 heterocycles. The first-order valence-electron chi connectivity index (χ1n) is 2.64. The molecule has 0 radical (unpaired) electrons. The SMILES string of the molecule is CC(C)N=C(Cl)C(F)(F)F. The molecule has 0 unspecified atom stereocenters. The van der Waals surface area contributed by atoms with Crippen LogP contribution in [0.2, 0.25) is 0 Å². The van der Waals surface area contributed by atoms with Crippen LogP contribution in [0.4, 0.5) is 13.2 Å². The highest BCUT2D eigenvalue weighted by Gasteiger charge is 2.34. The van der Waals surface area contributed by atoms with E-state index in [1.165, 1.54) is 13.8 Å². The lowest BCUT2D eigenvalue weighted by atomic mass is 10.4. The van der Waals surface area contributed by atoms with E-state index in [1.54, 1.807) is 0 Å². The summed E-state index contributed by atoms with van der Waals surface area (Å²) in [5.74, 6) is 0. The summed E-state index contributed by atoms with van der Waals surface area (Å²) in [6.45, 7) is 3.04. The van der Waals surface area contributed by atoms with Gasteiger partial charge in [0.15, 0.2) is 0 Å². The fourth-order valence-electron chi connectivity index (χ4n) is 0.300. The van der Waals surface area contributed by atoms with Gasteiger partial charge in [-0.25, -0.2) is 0 Å². The summed E-state index contributed by atoms with van der Waals surface area (Å²) in [5, 5.41) is -1.29. The first kappa shape index (κ1) is 9.75. The van der Waals surface area contributed by atoms with E-state index in [4.69, 9.17) is 11.6 Å². The lowest BCUT2D eigenvalue weighted by Gasteiger charge is -2.03. The Kier molecular flexibility index (Phi) is 3.15. The molecule has 0 aliphatic heterocycles. The van der Waals surface area contributed by atoms with E-state index in [0.29, 0.717) is 0 Å². The second kappa shape index (κ2) is 3.23. The Morgan fingerprint density at radius 3 is 1.90 bits per heavy atom. The first-order valence-corrected chi connectivity index (χ1v) is 3.02. The maximum Gasteiger partial charge on any atom is 0.444 e. The summed E-state index contributed by atoms with van der Waals surface area (Å²) in [4.78, 5) is 3.11. The molecule has 0 aromatic rings. The van der Waals surface area contributed by atoms with Gasteiger partial charge in [-0.3, -0.25) is 4.99 Å². The fraction of sp³-hybridized carbons (Fsp3) is 0.800. The van der Waals surface area contributed by atoms with Gasteiger partial charge in [0, 0.05) is 6.04 Å². The van der Waals surface area contributed by atoms with Gasteiger partial charge in [0.05, 0.1) is 0 Å². The molecule has 1 nitrogen and oxygen atoms in total. The number of rotatable bonds is 1. The van der Waals surface area contributed by atoms with E-state index in [2.05, 4.69) is 4.99 Å². The van der Waals surface area contributed by atoms with Crippen LogP contribution in [-0.4, -0.2) is 17.4 Å². The normalized spacial score (nSPS) is 14.5. The molecule has 0 rings (SSSR count). The van der Waals surface area contributed by atoms with Crippen molar-refractivity contribution in [1.82, 2.24) is 0 Å². The Morgan fingerprint density at radius 2 is 1.80 bits per heavy atom. The van der Waals surface area contributed by atoms with Crippen molar-refractivity contribution in [1.29, 1.82) is 0 Å². The third kappa shape index (κ3) is 3.71. The molecule has 0 aliphatic rings. The van der Waals surface area contributed by atoms with Crippen molar-refractivity contribution in [3.63, 3.8) is 0 Å². The van der Waals surface area contributed by atoms with E-state index in [-0.39, 0.29) is 0 Å². The third-order valence-electron chi connectivity index (χ3n) is 0.605. The second-order valence-electron chi connectivity index (χ2n) is 2.01. The molecule has 0 N–H and O–H groups in total. The molecule has 0 saturated heterocycles. The van der Waals surface area contributed by atoms with E-state index in [9.17, 15) is 13.2 Å². The van der Waals surface area contributed by atoms with Crippen LogP contribution in [0.25, 0.3) is 0 Å². The average Bonchev–Trinajstić information content (AvgIpc) is 1.60. The van der Waals surface area contributed by atoms with Crippen molar-refractivity contribution in [2.75, 3.05) is 0 Å². The molecular formula is C5H7ClF3N. The number of halogens is 4. The zero-order chi connectivity index (χ0) is 8.36. The molecule has 0 atom stereocenters. The number of alkyl halides is 3. The summed E-state index contributed by atoms with van der Waals surface area (Å²) in [7, 11) is 0. The molecule has 0 aliphatic carbocycles. The van der Waals surface area contributed by atoms with Gasteiger partial charge in [-0.2, -0.15) is 13.2 Å². The lowest BCUT2D eigenvalue weighted by Crippen LogP contribution is -2.18. The minimum Gasteiger partial charge on any atom is -0.267 e. The molecule has 0 aromatic heterocycles. The zero-order valence-electron chi connectivity index (χ0n) is 5.54. The molecule has 0 amide bonds. The molecule has 60 valence electrons. The van der Waals surface area contributed by atoms with Crippen LogP contribution in [0.3, 0.4) is 0 Å². The molecule has 0 fully saturated rings. The smallest absolute Gasteiger partial charge is 0.267 e. The van der Waals surface area contributed by atoms with Gasteiger partial charge in [0.25, 0.3) is 0 Å². The van der Waals surface area contributed by atoms with E-state index in [1.807, 2.05) is 0 Å². The predicted molar refractivity (Wildman–Crippen MR) is 34.5 cm³/mol. The minimum atomic E-state index is -4.49. The van der Waals surface area contributed by atoms with Crippen molar-refractivity contribution in [3.8, 4) is 0 Å². The van der Waals surface area contributed by atoms with Gasteiger partial charge in [-0.15, -0.1) is 0 Å². The van der Waals surface area contributed by atoms with Crippen LogP contribution in [0.5, 0.6) is 0 Å². The van der Waals surface area contributed by atoms with Crippen LogP contribution in [0.15, 0.2) is 4.99 Å². The highest BCUT2D eigenvalue weighted by molar-refractivity contribution is 6.66. The summed E-state index contributed by atoms with van der Waals surface area (Å²) in [6.07, 6.45) is -4.49. The molecule has 0 bridgehead atoms. The van der Waals surface area contributed by atoms with Crippen molar-refractivity contribution >= 4 is 16.8 Å². The van der Waals surface area contributed by atoms with Crippen LogP contribution >= 0.6 is 11.6 Å². The molecule has 5 heteroatoms. The number of hydrogen-bond donors (Lipinski definition) is 0. The Hall–Kier alpha value is -0.250. The van der Waals surface area contributed by atoms with E-state index < -0.39 is 17.4 Å². The number of aliphatic imine (C=N–C) groups is 1. The molecular weight excluding hydrogens is 167 g/mol. The topological polar surface area (TPSA) is 12.4 Å². The highest BCUT2D eigenvalue weighted by atomic mass is 35.5. The van der Waals surface area contributed by atoms with Crippen LogP contribution in [0.1, 0.15) is 13.8 Å². The van der Waals surface area contributed by atoms with Gasteiger partial charge in [0.2, 0.25) is 5.17 Å². The molecule has 0 saturated carbocycles. The summed E-state index contributed by atoms with van der Waals surface area (Å²) in [5.41, 5.74) is 0. The third-order valence-corrected chi connectivity index (χ3v) is 0.917. The Morgan fingerprint density at radius 1 is 1.40 bits per heavy atom. The highest BCUT2D eigenvalue weighted by Crippen LogP contribution is 2.20. The van der Waals surface area contributed by atoms with Gasteiger partial charge in [-0.1, -0.05) is 11.6 Å². The lowest BCUT2D eigenvalue weighted by molar-refractivity contribution is -0.0562. The first-order chi connectivity index (χ1) is 4.34. The predicted octanol–water partition coefficient (Wildman–Crippen LogP) is 2.59. The minimum absolute atomic E-state index is 0.422. The second-order valence-corrected chi connectivity index (χ2v) is 2.37. The fourth-order valence-corrected chi connectivity index (χ4v) is 0.495. The Labute approximate surface area is 61.9 Å². The van der Waals surface area contributed by atoms with Crippen molar-refractivity contribution in [2.24, 2.45) is 4.99 Å². The quantitative estimate of drug-likeness (QED) is 0.541. The van der Waals surface area contributed by atoms with Crippen molar-refractivity contribution in [3.05, 3.63) is 0 Å². The molecule has 10 heavy (non-hydrogen) atoms. The van der Waals surface area contributed by atoms with Crippen LogP contribution in [0, 0.1) is 0 Å². The maximum atomic E-state index is 11.5. The zero-order valence-corrected chi connectivity index (χ0v) is 6.29. The average molecular weight is 174 g/mol. The Balaban J connectivity index is 4.20. The van der Waals surface area contributed by atoms with E-state index >= 15 is 0 Å². The van der Waals surface area contributed by atoms with E-state index in [0.717, 1.165) is 0 Å². The van der Waals surface area contributed by atoms with Crippen LogP contribution in [-0.2, 0) is 0 Å². The van der Waals surface area contributed by atoms with Gasteiger partial charge in [0.1, 0.15) is 0 Å². The number of nitrogens with zero attached hydrogens (tertiary/aromatic N) is 1. The van der Waals surface area contributed by atoms with Crippen molar-refractivity contribution < 1.29 is 13.2 Å². The summed E-state index contributed by atoms with van der Waals surface area (Å²) in [6, 6.07) is -0.422. The molecule has 0 aromatic carbocycles. The maximum absolute atomic E-state index is 11.5. The van der Waals surface area contributed by atoms with Crippen molar-refractivity contribution in [2.45, 2.75) is 26.1 Å². The van der Waals surface area contributed by atoms with Gasteiger partial charge < -0.3 is 0 Å². The molecule has 0 spiro atoms. The number of hydrogen-bond acceptors (Lipinski definition) is 1. The van der Waals surface area contributed by atoms with Gasteiger partial charge >= 0.3 is 6.18 Å². The largest absolute Gasteiger partial charge is 0.444 e. The Bertz CT molecular complexity index is 138.